The molecule has 13 heavy (non-hydrogen) atoms. The quantitative estimate of drug-likeness (QED) is 0.485. The number of hydrogen-bond acceptors (Lipinski definition) is 2. The normalized spacial score (nSPS) is 27.7. The van der Waals surface area contributed by atoms with Crippen molar-refractivity contribution in [3.05, 3.63) is 0 Å². The largest absolute Gasteiger partial charge is 0.462 e. The zero-order valence-electron chi connectivity index (χ0n) is 8.71. The summed E-state index contributed by atoms with van der Waals surface area (Å²) in [4.78, 5) is 11.2. The van der Waals surface area contributed by atoms with Crippen LogP contribution in [0.4, 0.5) is 0 Å². The van der Waals surface area contributed by atoms with E-state index in [2.05, 4.69) is 6.92 Å². The summed E-state index contributed by atoms with van der Waals surface area (Å²) >= 11 is 0. The lowest BCUT2D eigenvalue weighted by Gasteiger charge is -2.03. The van der Waals surface area contributed by atoms with Crippen LogP contribution in [0.5, 0.6) is 0 Å². The highest BCUT2D eigenvalue weighted by Gasteiger charge is 2.30. The van der Waals surface area contributed by atoms with Gasteiger partial charge in [-0.2, -0.15) is 0 Å². The fraction of sp³-hybridized carbons (Fsp3) is 0.909. The van der Waals surface area contributed by atoms with Gasteiger partial charge in [-0.05, 0) is 19.8 Å². The second kappa shape index (κ2) is 5.25. The first-order valence-corrected chi connectivity index (χ1v) is 5.44. The van der Waals surface area contributed by atoms with Crippen LogP contribution in [0, 0.1) is 5.92 Å². The molecular weight excluding hydrogens is 164 g/mol. The molecule has 1 fully saturated rings. The molecule has 1 aliphatic heterocycles. The zero-order chi connectivity index (χ0) is 9.68. The number of carbonyl (C=O) groups excluding carboxylic acids is 1. The summed E-state index contributed by atoms with van der Waals surface area (Å²) in [5.74, 6) is 0.232. The molecule has 0 bridgehead atoms. The van der Waals surface area contributed by atoms with E-state index in [9.17, 15) is 4.79 Å². The molecule has 2 heteroatoms. The van der Waals surface area contributed by atoms with Crippen LogP contribution in [-0.4, -0.2) is 12.1 Å². The third-order valence-electron chi connectivity index (χ3n) is 2.67. The molecule has 0 radical (unpaired) electrons. The van der Waals surface area contributed by atoms with Gasteiger partial charge >= 0.3 is 5.97 Å². The van der Waals surface area contributed by atoms with Gasteiger partial charge in [0.2, 0.25) is 0 Å². The van der Waals surface area contributed by atoms with Crippen molar-refractivity contribution in [2.75, 3.05) is 0 Å². The third-order valence-corrected chi connectivity index (χ3v) is 2.67. The number of carbonyl (C=O) groups is 1. The number of ether oxygens (including phenoxy) is 1. The minimum Gasteiger partial charge on any atom is -0.462 e. The summed E-state index contributed by atoms with van der Waals surface area (Å²) in [6.45, 7) is 4.18. The van der Waals surface area contributed by atoms with Gasteiger partial charge in [0, 0.05) is 0 Å². The van der Waals surface area contributed by atoms with E-state index in [4.69, 9.17) is 4.74 Å². The molecule has 1 saturated heterocycles. The molecule has 0 aromatic rings. The minimum atomic E-state index is 0.0315. The molecular formula is C11H20O2. The monoisotopic (exact) mass is 184 g/mol. The number of cyclic esters (lactones) is 1. The number of rotatable bonds is 5. The molecule has 0 N–H and O–H groups in total. The Kier molecular flexibility index (Phi) is 4.26. The Morgan fingerprint density at radius 3 is 2.69 bits per heavy atom. The van der Waals surface area contributed by atoms with Crippen molar-refractivity contribution in [3.8, 4) is 0 Å². The number of esters is 1. The van der Waals surface area contributed by atoms with Crippen molar-refractivity contribution in [2.24, 2.45) is 5.92 Å². The van der Waals surface area contributed by atoms with Crippen LogP contribution in [0.1, 0.15) is 52.4 Å². The lowest BCUT2D eigenvalue weighted by Crippen LogP contribution is -2.07. The molecule has 2 atom stereocenters. The molecule has 1 heterocycles. The van der Waals surface area contributed by atoms with E-state index in [1.54, 1.807) is 0 Å². The molecule has 0 spiro atoms. The Balaban J connectivity index is 2.11. The van der Waals surface area contributed by atoms with E-state index in [-0.39, 0.29) is 18.0 Å². The smallest absolute Gasteiger partial charge is 0.309 e. The predicted octanol–water partition coefficient (Wildman–Crippen LogP) is 2.91. The van der Waals surface area contributed by atoms with Crippen LogP contribution in [0.2, 0.25) is 0 Å². The summed E-state index contributed by atoms with van der Waals surface area (Å²) < 4.78 is 5.09. The molecule has 1 rings (SSSR count). The highest BCUT2D eigenvalue weighted by Crippen LogP contribution is 2.25. The molecule has 76 valence electrons. The first kappa shape index (κ1) is 10.6. The highest BCUT2D eigenvalue weighted by atomic mass is 16.5. The SMILES string of the molecule is CCCCCC[C@H]1CC(C)OC1=O. The average molecular weight is 184 g/mol. The Hall–Kier alpha value is -0.530. The van der Waals surface area contributed by atoms with E-state index in [1.807, 2.05) is 6.92 Å². The van der Waals surface area contributed by atoms with Crippen LogP contribution in [0.3, 0.4) is 0 Å². The summed E-state index contributed by atoms with van der Waals surface area (Å²) in [6, 6.07) is 0. The van der Waals surface area contributed by atoms with Gasteiger partial charge in [-0.25, -0.2) is 0 Å². The first-order chi connectivity index (χ1) is 6.24. The van der Waals surface area contributed by atoms with E-state index in [0.717, 1.165) is 12.8 Å². The van der Waals surface area contributed by atoms with Gasteiger partial charge in [-0.15, -0.1) is 0 Å². The fourth-order valence-corrected chi connectivity index (χ4v) is 1.89. The second-order valence-electron chi connectivity index (χ2n) is 4.03. The predicted molar refractivity (Wildman–Crippen MR) is 52.4 cm³/mol. The minimum absolute atomic E-state index is 0.0315. The van der Waals surface area contributed by atoms with Crippen LogP contribution < -0.4 is 0 Å². The summed E-state index contributed by atoms with van der Waals surface area (Å²) in [5.41, 5.74) is 0. The maximum atomic E-state index is 11.2. The van der Waals surface area contributed by atoms with E-state index >= 15 is 0 Å². The Morgan fingerprint density at radius 2 is 2.15 bits per heavy atom. The van der Waals surface area contributed by atoms with Gasteiger partial charge in [0.25, 0.3) is 0 Å². The summed E-state index contributed by atoms with van der Waals surface area (Å²) in [6.07, 6.45) is 7.11. The lowest BCUT2D eigenvalue weighted by molar-refractivity contribution is -0.143. The van der Waals surface area contributed by atoms with Crippen molar-refractivity contribution in [3.63, 3.8) is 0 Å². The lowest BCUT2D eigenvalue weighted by atomic mass is 9.98. The van der Waals surface area contributed by atoms with Crippen molar-refractivity contribution >= 4 is 5.97 Å². The standard InChI is InChI=1S/C11H20O2/c1-3-4-5-6-7-10-8-9(2)13-11(10)12/h9-10H,3-8H2,1-2H3/t9?,10-/m0/s1. The van der Waals surface area contributed by atoms with Crippen LogP contribution in [0.25, 0.3) is 0 Å². The molecule has 0 amide bonds. The maximum Gasteiger partial charge on any atom is 0.309 e. The van der Waals surface area contributed by atoms with Crippen LogP contribution >= 0.6 is 0 Å². The van der Waals surface area contributed by atoms with Crippen molar-refractivity contribution in [1.82, 2.24) is 0 Å². The van der Waals surface area contributed by atoms with Crippen LogP contribution in [0.15, 0.2) is 0 Å². The fourth-order valence-electron chi connectivity index (χ4n) is 1.89. The van der Waals surface area contributed by atoms with Gasteiger partial charge in [0.1, 0.15) is 0 Å². The van der Waals surface area contributed by atoms with Gasteiger partial charge in [-0.3, -0.25) is 4.79 Å². The van der Waals surface area contributed by atoms with Crippen molar-refractivity contribution in [2.45, 2.75) is 58.5 Å². The third kappa shape index (κ3) is 3.37. The average Bonchev–Trinajstić information content (AvgIpc) is 2.39. The molecule has 1 unspecified atom stereocenters. The summed E-state index contributed by atoms with van der Waals surface area (Å²) in [7, 11) is 0. The van der Waals surface area contributed by atoms with Crippen LogP contribution in [-0.2, 0) is 9.53 Å². The Bertz CT molecular complexity index is 165. The maximum absolute atomic E-state index is 11.2. The number of unbranched alkanes of at least 4 members (excludes halogenated alkanes) is 3. The number of hydrogen-bond donors (Lipinski definition) is 0. The highest BCUT2D eigenvalue weighted by molar-refractivity contribution is 5.74. The second-order valence-corrected chi connectivity index (χ2v) is 4.03. The Morgan fingerprint density at radius 1 is 1.38 bits per heavy atom. The molecule has 0 aromatic carbocycles. The van der Waals surface area contributed by atoms with Gasteiger partial charge < -0.3 is 4.74 Å². The van der Waals surface area contributed by atoms with E-state index in [1.165, 1.54) is 25.7 Å². The molecule has 0 aromatic heterocycles. The molecule has 1 aliphatic rings. The Labute approximate surface area is 80.7 Å². The molecule has 2 nitrogen and oxygen atoms in total. The topological polar surface area (TPSA) is 26.3 Å². The molecule has 0 saturated carbocycles. The van der Waals surface area contributed by atoms with Crippen molar-refractivity contribution in [1.29, 1.82) is 0 Å². The summed E-state index contributed by atoms with van der Waals surface area (Å²) in [5, 5.41) is 0. The molecule has 0 aliphatic carbocycles. The zero-order valence-corrected chi connectivity index (χ0v) is 8.71. The van der Waals surface area contributed by atoms with Crippen molar-refractivity contribution < 1.29 is 9.53 Å². The van der Waals surface area contributed by atoms with Gasteiger partial charge in [0.05, 0.1) is 12.0 Å². The van der Waals surface area contributed by atoms with Gasteiger partial charge in [-0.1, -0.05) is 32.6 Å². The van der Waals surface area contributed by atoms with E-state index < -0.39 is 0 Å². The van der Waals surface area contributed by atoms with Gasteiger partial charge in [0.15, 0.2) is 0 Å². The van der Waals surface area contributed by atoms with E-state index in [0.29, 0.717) is 0 Å². The first-order valence-electron chi connectivity index (χ1n) is 5.44.